The molecule has 30 heavy (non-hydrogen) atoms. The van der Waals surface area contributed by atoms with Crippen LogP contribution in [-0.4, -0.2) is 47.3 Å². The highest BCUT2D eigenvalue weighted by Gasteiger charge is 2.38. The predicted molar refractivity (Wildman–Crippen MR) is 121 cm³/mol. The van der Waals surface area contributed by atoms with Crippen molar-refractivity contribution >= 4 is 40.6 Å². The SMILES string of the molecule is CCOC(=O)CN1C(=O)S/C(=C/c2cc3c(cc2C)N(CC)C(C)(C)C[C@@H]3C)C1=O. The van der Waals surface area contributed by atoms with Crippen molar-refractivity contribution < 1.29 is 19.1 Å². The van der Waals surface area contributed by atoms with Crippen LogP contribution in [0.3, 0.4) is 0 Å². The molecule has 2 amide bonds. The molecule has 2 aliphatic heterocycles. The van der Waals surface area contributed by atoms with Crippen molar-refractivity contribution in [3.63, 3.8) is 0 Å². The van der Waals surface area contributed by atoms with Crippen molar-refractivity contribution in [1.29, 1.82) is 0 Å². The average Bonchev–Trinajstić information content (AvgIpc) is 2.90. The summed E-state index contributed by atoms with van der Waals surface area (Å²) in [4.78, 5) is 40.4. The predicted octanol–water partition coefficient (Wildman–Crippen LogP) is 4.71. The number of benzene rings is 1. The third-order valence-electron chi connectivity index (χ3n) is 5.84. The van der Waals surface area contributed by atoms with E-state index in [1.807, 2.05) is 6.92 Å². The molecule has 0 unspecified atom stereocenters. The first-order valence-electron chi connectivity index (χ1n) is 10.4. The number of imide groups is 1. The Morgan fingerprint density at radius 1 is 1.30 bits per heavy atom. The molecule has 0 radical (unpaired) electrons. The van der Waals surface area contributed by atoms with Crippen LogP contribution in [0.1, 0.15) is 63.6 Å². The molecule has 1 aromatic rings. The molecule has 0 N–H and O–H groups in total. The van der Waals surface area contributed by atoms with Gasteiger partial charge in [0.05, 0.1) is 11.5 Å². The van der Waals surface area contributed by atoms with Crippen LogP contribution in [0.15, 0.2) is 17.0 Å². The Bertz CT molecular complexity index is 922. The van der Waals surface area contributed by atoms with E-state index < -0.39 is 17.1 Å². The number of rotatable bonds is 5. The van der Waals surface area contributed by atoms with Crippen LogP contribution in [-0.2, 0) is 14.3 Å². The van der Waals surface area contributed by atoms with E-state index in [1.54, 1.807) is 13.0 Å². The summed E-state index contributed by atoms with van der Waals surface area (Å²) in [6.07, 6.45) is 2.82. The van der Waals surface area contributed by atoms with Gasteiger partial charge < -0.3 is 9.64 Å². The summed E-state index contributed by atoms with van der Waals surface area (Å²) in [6, 6.07) is 4.33. The van der Waals surface area contributed by atoms with Gasteiger partial charge in [-0.2, -0.15) is 0 Å². The average molecular weight is 431 g/mol. The third kappa shape index (κ3) is 4.13. The molecule has 1 aromatic carbocycles. The van der Waals surface area contributed by atoms with Gasteiger partial charge in [-0.25, -0.2) is 0 Å². The summed E-state index contributed by atoms with van der Waals surface area (Å²) >= 11 is 0.869. The molecule has 0 bridgehead atoms. The van der Waals surface area contributed by atoms with E-state index in [0.717, 1.165) is 40.8 Å². The molecule has 2 heterocycles. The summed E-state index contributed by atoms with van der Waals surface area (Å²) in [5.74, 6) is -0.633. The minimum absolute atomic E-state index is 0.0882. The largest absolute Gasteiger partial charge is 0.465 e. The molecule has 0 spiro atoms. The molecule has 1 fully saturated rings. The molecule has 7 heteroatoms. The zero-order valence-corrected chi connectivity index (χ0v) is 19.4. The lowest BCUT2D eigenvalue weighted by molar-refractivity contribution is -0.145. The number of thioether (sulfide) groups is 1. The molecule has 3 rings (SSSR count). The first-order valence-corrected chi connectivity index (χ1v) is 11.2. The number of nitrogens with zero attached hydrogens (tertiary/aromatic N) is 2. The number of ether oxygens (including phenoxy) is 1. The maximum absolute atomic E-state index is 12.7. The van der Waals surface area contributed by atoms with Crippen molar-refractivity contribution in [2.45, 2.75) is 59.4 Å². The second kappa shape index (κ2) is 8.46. The molecule has 1 saturated heterocycles. The molecule has 0 aromatic heterocycles. The number of hydrogen-bond donors (Lipinski definition) is 0. The molecular weight excluding hydrogens is 400 g/mol. The quantitative estimate of drug-likeness (QED) is 0.498. The smallest absolute Gasteiger partial charge is 0.326 e. The van der Waals surface area contributed by atoms with Gasteiger partial charge in [-0.1, -0.05) is 6.92 Å². The zero-order valence-electron chi connectivity index (χ0n) is 18.6. The van der Waals surface area contributed by atoms with E-state index in [1.165, 1.54) is 11.3 Å². The van der Waals surface area contributed by atoms with Crippen molar-refractivity contribution in [2.24, 2.45) is 0 Å². The van der Waals surface area contributed by atoms with Gasteiger partial charge >= 0.3 is 5.97 Å². The lowest BCUT2D eigenvalue weighted by Crippen LogP contribution is -2.48. The van der Waals surface area contributed by atoms with Crippen LogP contribution < -0.4 is 4.90 Å². The Kier molecular flexibility index (Phi) is 6.32. The summed E-state index contributed by atoms with van der Waals surface area (Å²) in [6.45, 7) is 13.5. The fraction of sp³-hybridized carbons (Fsp3) is 0.522. The number of anilines is 1. The highest BCUT2D eigenvalue weighted by Crippen LogP contribution is 2.44. The first-order chi connectivity index (χ1) is 14.1. The van der Waals surface area contributed by atoms with Crippen LogP contribution in [0.2, 0.25) is 0 Å². The molecule has 0 aliphatic carbocycles. The van der Waals surface area contributed by atoms with E-state index in [9.17, 15) is 14.4 Å². The van der Waals surface area contributed by atoms with Gasteiger partial charge in [0.2, 0.25) is 0 Å². The Morgan fingerprint density at radius 3 is 2.63 bits per heavy atom. The summed E-state index contributed by atoms with van der Waals surface area (Å²) < 4.78 is 4.87. The lowest BCUT2D eigenvalue weighted by Gasteiger charge is -2.47. The minimum atomic E-state index is -0.581. The maximum atomic E-state index is 12.7. The number of amides is 2. The summed E-state index contributed by atoms with van der Waals surface area (Å²) in [5.41, 5.74) is 4.57. The van der Waals surface area contributed by atoms with Gasteiger partial charge in [-0.05, 0) is 93.6 Å². The Labute approximate surface area is 182 Å². The van der Waals surface area contributed by atoms with Crippen LogP contribution in [0.5, 0.6) is 0 Å². The third-order valence-corrected chi connectivity index (χ3v) is 6.75. The highest BCUT2D eigenvalue weighted by molar-refractivity contribution is 8.18. The Morgan fingerprint density at radius 2 is 2.00 bits per heavy atom. The van der Waals surface area contributed by atoms with Crippen molar-refractivity contribution in [3.8, 4) is 0 Å². The fourth-order valence-electron chi connectivity index (χ4n) is 4.52. The first kappa shape index (κ1) is 22.4. The number of fused-ring (bicyclic) bond motifs is 1. The zero-order chi connectivity index (χ0) is 22.2. The monoisotopic (exact) mass is 430 g/mol. The van der Waals surface area contributed by atoms with Crippen LogP contribution in [0, 0.1) is 6.92 Å². The standard InChI is InChI=1S/C23H30N2O4S/c1-7-25-18-9-14(3)16(10-17(18)15(4)12-23(25,5)6)11-19-21(27)24(22(28)30-19)13-20(26)29-8-2/h9-11,15H,7-8,12-13H2,1-6H3/b19-11+/t15-/m0/s1. The van der Waals surface area contributed by atoms with Gasteiger partial charge in [-0.3, -0.25) is 19.3 Å². The molecule has 1 atom stereocenters. The summed E-state index contributed by atoms with van der Waals surface area (Å²) in [7, 11) is 0. The molecule has 6 nitrogen and oxygen atoms in total. The lowest BCUT2D eigenvalue weighted by atomic mass is 9.79. The van der Waals surface area contributed by atoms with Crippen molar-refractivity contribution in [1.82, 2.24) is 4.90 Å². The molecule has 162 valence electrons. The van der Waals surface area contributed by atoms with Gasteiger partial charge in [0.15, 0.2) is 0 Å². The molecule has 0 saturated carbocycles. The van der Waals surface area contributed by atoms with Gasteiger partial charge in [0.25, 0.3) is 11.1 Å². The topological polar surface area (TPSA) is 66.9 Å². The number of carbonyl (C=O) groups is 3. The van der Waals surface area contributed by atoms with Crippen LogP contribution in [0.25, 0.3) is 6.08 Å². The summed E-state index contributed by atoms with van der Waals surface area (Å²) in [5, 5.41) is -0.442. The normalized spacial score (nSPS) is 21.9. The van der Waals surface area contributed by atoms with E-state index in [-0.39, 0.29) is 18.7 Å². The van der Waals surface area contributed by atoms with E-state index in [2.05, 4.69) is 44.7 Å². The number of aryl methyl sites for hydroxylation is 1. The minimum Gasteiger partial charge on any atom is -0.465 e. The number of hydrogen-bond acceptors (Lipinski definition) is 6. The number of esters is 1. The van der Waals surface area contributed by atoms with Crippen LogP contribution in [0.4, 0.5) is 10.5 Å². The van der Waals surface area contributed by atoms with Gasteiger partial charge in [0.1, 0.15) is 6.54 Å². The highest BCUT2D eigenvalue weighted by atomic mass is 32.2. The van der Waals surface area contributed by atoms with E-state index in [4.69, 9.17) is 4.74 Å². The van der Waals surface area contributed by atoms with E-state index >= 15 is 0 Å². The van der Waals surface area contributed by atoms with Gasteiger partial charge in [-0.15, -0.1) is 0 Å². The Balaban J connectivity index is 1.94. The molecule has 2 aliphatic rings. The van der Waals surface area contributed by atoms with Crippen molar-refractivity contribution in [2.75, 3.05) is 24.6 Å². The van der Waals surface area contributed by atoms with Gasteiger partial charge in [0, 0.05) is 17.8 Å². The van der Waals surface area contributed by atoms with Crippen LogP contribution >= 0.6 is 11.8 Å². The Hall–Kier alpha value is -2.28. The fourth-order valence-corrected chi connectivity index (χ4v) is 5.35. The van der Waals surface area contributed by atoms with E-state index in [0.29, 0.717) is 10.8 Å². The molecular formula is C23H30N2O4S. The van der Waals surface area contributed by atoms with Crippen molar-refractivity contribution in [3.05, 3.63) is 33.7 Å². The number of carbonyl (C=O) groups excluding carboxylic acids is 3. The maximum Gasteiger partial charge on any atom is 0.326 e. The second-order valence-corrected chi connectivity index (χ2v) is 9.50. The second-order valence-electron chi connectivity index (χ2n) is 8.50.